The van der Waals surface area contributed by atoms with Crippen molar-refractivity contribution in [2.24, 2.45) is 0 Å². The molecule has 0 N–H and O–H groups in total. The van der Waals surface area contributed by atoms with Crippen LogP contribution in [-0.4, -0.2) is 73.6 Å². The summed E-state index contributed by atoms with van der Waals surface area (Å²) in [5, 5.41) is 0. The van der Waals surface area contributed by atoms with Gasteiger partial charge in [-0.05, 0) is 66.7 Å². The number of hydrogen-bond donors (Lipinski definition) is 0. The summed E-state index contributed by atoms with van der Waals surface area (Å²) in [4.78, 5) is 33.6. The van der Waals surface area contributed by atoms with Crippen LogP contribution < -0.4 is 14.4 Å². The van der Waals surface area contributed by atoms with E-state index in [2.05, 4.69) is 16.5 Å². The highest BCUT2D eigenvalue weighted by atomic mass is 16.5. The maximum Gasteiger partial charge on any atom is 0.270 e. The van der Waals surface area contributed by atoms with Gasteiger partial charge in [0.2, 0.25) is 0 Å². The third kappa shape index (κ3) is 5.07. The normalized spacial score (nSPS) is 15.1. The molecule has 0 unspecified atom stereocenters. The molecule has 0 aliphatic carbocycles. The number of piperazine rings is 1. The molecule has 1 saturated heterocycles. The second kappa shape index (κ2) is 11.1. The van der Waals surface area contributed by atoms with E-state index in [9.17, 15) is 9.59 Å². The number of amides is 2. The van der Waals surface area contributed by atoms with Crippen molar-refractivity contribution in [1.82, 2.24) is 14.4 Å². The van der Waals surface area contributed by atoms with E-state index in [1.807, 2.05) is 77.7 Å². The molecule has 2 aliphatic heterocycles. The van der Waals surface area contributed by atoms with Gasteiger partial charge in [-0.2, -0.15) is 0 Å². The first-order valence-electron chi connectivity index (χ1n) is 13.9. The Balaban J connectivity index is 1.34. The Hall–Kier alpha value is -4.56. The zero-order valence-corrected chi connectivity index (χ0v) is 23.7. The Bertz CT molecular complexity index is 1600. The molecule has 1 aromatic heterocycles. The fraction of sp³-hybridized carbons (Fsp3) is 0.273. The number of carbonyl (C=O) groups excluding carboxylic acids is 2. The van der Waals surface area contributed by atoms with Crippen LogP contribution >= 0.6 is 0 Å². The van der Waals surface area contributed by atoms with Crippen LogP contribution in [0.15, 0.2) is 78.9 Å². The summed E-state index contributed by atoms with van der Waals surface area (Å²) < 4.78 is 13.2. The molecule has 6 rings (SSSR count). The molecule has 0 bridgehead atoms. The largest absolute Gasteiger partial charge is 0.497 e. The molecule has 0 atom stereocenters. The van der Waals surface area contributed by atoms with Crippen molar-refractivity contribution in [2.45, 2.75) is 13.1 Å². The van der Waals surface area contributed by atoms with Crippen LogP contribution in [0.1, 0.15) is 32.1 Å². The van der Waals surface area contributed by atoms with Crippen LogP contribution in [0.4, 0.5) is 5.69 Å². The number of nitrogens with zero attached hydrogens (tertiary/aromatic N) is 4. The molecule has 8 heteroatoms. The minimum atomic E-state index is -0.130. The fourth-order valence-corrected chi connectivity index (χ4v) is 5.71. The molecule has 0 radical (unpaired) electrons. The summed E-state index contributed by atoms with van der Waals surface area (Å²) in [6.07, 6.45) is 0. The fourth-order valence-electron chi connectivity index (χ4n) is 5.71. The van der Waals surface area contributed by atoms with Gasteiger partial charge in [0.05, 0.1) is 27.3 Å². The SMILES string of the molecule is COc1cccc(-c2ccc(C(=O)N3Cc4ccc(C(=O)N5CCN(C)CC5)n4Cc4ccccc43)cc2OC)c1. The van der Waals surface area contributed by atoms with Crippen LogP contribution in [0.2, 0.25) is 0 Å². The van der Waals surface area contributed by atoms with Gasteiger partial charge < -0.3 is 28.7 Å². The van der Waals surface area contributed by atoms with Crippen molar-refractivity contribution in [3.8, 4) is 22.6 Å². The first-order valence-corrected chi connectivity index (χ1v) is 13.9. The molecular weight excluding hydrogens is 516 g/mol. The van der Waals surface area contributed by atoms with Crippen molar-refractivity contribution in [2.75, 3.05) is 52.3 Å². The average molecular weight is 551 g/mol. The third-order valence-electron chi connectivity index (χ3n) is 8.09. The number of benzene rings is 3. The second-order valence-corrected chi connectivity index (χ2v) is 10.6. The summed E-state index contributed by atoms with van der Waals surface area (Å²) >= 11 is 0. The van der Waals surface area contributed by atoms with Crippen LogP contribution in [0.3, 0.4) is 0 Å². The summed E-state index contributed by atoms with van der Waals surface area (Å²) in [5.41, 5.74) is 5.76. The molecule has 4 aromatic rings. The lowest BCUT2D eigenvalue weighted by Gasteiger charge is -2.32. The Morgan fingerprint density at radius 2 is 1.56 bits per heavy atom. The minimum absolute atomic E-state index is 0.0412. The second-order valence-electron chi connectivity index (χ2n) is 10.6. The van der Waals surface area contributed by atoms with E-state index in [-0.39, 0.29) is 11.8 Å². The van der Waals surface area contributed by atoms with Gasteiger partial charge in [0.25, 0.3) is 11.8 Å². The molecule has 41 heavy (non-hydrogen) atoms. The topological polar surface area (TPSA) is 67.2 Å². The minimum Gasteiger partial charge on any atom is -0.497 e. The summed E-state index contributed by atoms with van der Waals surface area (Å²) in [7, 11) is 5.33. The zero-order valence-electron chi connectivity index (χ0n) is 23.7. The van der Waals surface area contributed by atoms with Gasteiger partial charge in [-0.15, -0.1) is 0 Å². The van der Waals surface area contributed by atoms with Crippen molar-refractivity contribution < 1.29 is 19.1 Å². The van der Waals surface area contributed by atoms with Gasteiger partial charge in [0.15, 0.2) is 0 Å². The molecule has 3 aromatic carbocycles. The van der Waals surface area contributed by atoms with Crippen molar-refractivity contribution >= 4 is 17.5 Å². The number of likely N-dealkylation sites (N-methyl/N-ethyl adjacent to an activating group) is 1. The predicted octanol–water partition coefficient (Wildman–Crippen LogP) is 4.77. The number of anilines is 1. The van der Waals surface area contributed by atoms with Gasteiger partial charge in [0.1, 0.15) is 17.2 Å². The number of methoxy groups -OCH3 is 2. The highest BCUT2D eigenvalue weighted by Gasteiger charge is 2.30. The van der Waals surface area contributed by atoms with Crippen molar-refractivity contribution in [3.05, 3.63) is 101 Å². The zero-order chi connectivity index (χ0) is 28.5. The molecular formula is C33H34N4O4. The summed E-state index contributed by atoms with van der Waals surface area (Å²) in [5.74, 6) is 1.27. The molecule has 1 fully saturated rings. The average Bonchev–Trinajstić information content (AvgIpc) is 3.33. The number of rotatable bonds is 5. The van der Waals surface area contributed by atoms with Gasteiger partial charge in [0, 0.05) is 48.7 Å². The van der Waals surface area contributed by atoms with E-state index >= 15 is 0 Å². The number of hydrogen-bond acceptors (Lipinski definition) is 5. The van der Waals surface area contributed by atoms with Crippen molar-refractivity contribution in [1.29, 1.82) is 0 Å². The Morgan fingerprint density at radius 3 is 2.34 bits per heavy atom. The van der Waals surface area contributed by atoms with E-state index in [0.717, 1.165) is 46.9 Å². The number of aromatic nitrogens is 1. The smallest absolute Gasteiger partial charge is 0.270 e. The van der Waals surface area contributed by atoms with Gasteiger partial charge in [-0.1, -0.05) is 30.3 Å². The number of ether oxygens (including phenoxy) is 2. The number of para-hydroxylation sites is 1. The highest BCUT2D eigenvalue weighted by molar-refractivity contribution is 6.07. The van der Waals surface area contributed by atoms with Gasteiger partial charge in [-0.25, -0.2) is 0 Å². The van der Waals surface area contributed by atoms with Crippen LogP contribution in [0.5, 0.6) is 11.5 Å². The molecule has 8 nitrogen and oxygen atoms in total. The predicted molar refractivity (Wildman–Crippen MR) is 159 cm³/mol. The maximum absolute atomic E-state index is 14.1. The van der Waals surface area contributed by atoms with E-state index in [1.54, 1.807) is 25.2 Å². The highest BCUT2D eigenvalue weighted by Crippen LogP contribution is 2.35. The Morgan fingerprint density at radius 1 is 0.756 bits per heavy atom. The maximum atomic E-state index is 14.1. The molecule has 2 amide bonds. The lowest BCUT2D eigenvalue weighted by Crippen LogP contribution is -2.47. The van der Waals surface area contributed by atoms with E-state index in [0.29, 0.717) is 43.2 Å². The number of fused-ring (bicyclic) bond motifs is 2. The Kier molecular flexibility index (Phi) is 7.24. The number of carbonyl (C=O) groups is 2. The summed E-state index contributed by atoms with van der Waals surface area (Å²) in [6, 6.07) is 25.1. The lowest BCUT2D eigenvalue weighted by atomic mass is 10.0. The lowest BCUT2D eigenvalue weighted by molar-refractivity contribution is 0.0653. The first kappa shape index (κ1) is 26.7. The molecule has 210 valence electrons. The molecule has 3 heterocycles. The van der Waals surface area contributed by atoms with Crippen LogP contribution in [-0.2, 0) is 13.1 Å². The third-order valence-corrected chi connectivity index (χ3v) is 8.09. The van der Waals surface area contributed by atoms with Crippen molar-refractivity contribution in [3.63, 3.8) is 0 Å². The first-order chi connectivity index (χ1) is 20.0. The van der Waals surface area contributed by atoms with Crippen LogP contribution in [0.25, 0.3) is 11.1 Å². The van der Waals surface area contributed by atoms with E-state index < -0.39 is 0 Å². The van der Waals surface area contributed by atoms with E-state index in [4.69, 9.17) is 9.47 Å². The van der Waals surface area contributed by atoms with Gasteiger partial charge >= 0.3 is 0 Å². The Labute approximate surface area is 240 Å². The molecule has 0 spiro atoms. The molecule has 2 aliphatic rings. The quantitative estimate of drug-likeness (QED) is 0.358. The molecule has 0 saturated carbocycles. The standard InChI is InChI=1S/C33H34N4O4/c1-34-15-17-35(18-16-34)33(39)30-14-12-26-22-37(29-10-5-4-7-25(29)21-36(26)30)32(38)24-11-13-28(31(20-24)41-3)23-8-6-9-27(19-23)40-2/h4-14,19-20H,15-18,21-22H2,1-3H3. The monoisotopic (exact) mass is 550 g/mol. The summed E-state index contributed by atoms with van der Waals surface area (Å²) in [6.45, 7) is 4.03. The van der Waals surface area contributed by atoms with Gasteiger partial charge in [-0.3, -0.25) is 9.59 Å². The van der Waals surface area contributed by atoms with E-state index in [1.165, 1.54) is 0 Å². The van der Waals surface area contributed by atoms with Crippen LogP contribution in [0, 0.1) is 0 Å².